The van der Waals surface area contributed by atoms with E-state index in [1.165, 1.54) is 31.3 Å². The van der Waals surface area contributed by atoms with Crippen molar-refractivity contribution in [2.24, 2.45) is 0 Å². The van der Waals surface area contributed by atoms with Crippen LogP contribution in [0.25, 0.3) is 0 Å². The molecule has 0 fully saturated rings. The number of hydrogen-bond donors (Lipinski definition) is 1. The van der Waals surface area contributed by atoms with Gasteiger partial charge in [-0.05, 0) is 13.0 Å². The Hall–Kier alpha value is -2.41. The van der Waals surface area contributed by atoms with Crippen LogP contribution >= 0.6 is 0 Å². The van der Waals surface area contributed by atoms with Gasteiger partial charge in [0.15, 0.2) is 5.76 Å². The van der Waals surface area contributed by atoms with Crippen molar-refractivity contribution in [1.29, 1.82) is 0 Å². The third-order valence-electron chi connectivity index (χ3n) is 2.52. The summed E-state index contributed by atoms with van der Waals surface area (Å²) in [7, 11) is 0. The van der Waals surface area contributed by atoms with Crippen molar-refractivity contribution in [2.75, 3.05) is 0 Å². The average Bonchev–Trinajstić information content (AvgIpc) is 2.89. The molecule has 0 amide bonds. The van der Waals surface area contributed by atoms with Crippen LogP contribution in [0.2, 0.25) is 0 Å². The third kappa shape index (κ3) is 3.08. The number of non-ortho nitro benzene ring substituents is 1. The Balaban J connectivity index is 2.21. The second-order valence-corrected chi connectivity index (χ2v) is 3.92. The lowest BCUT2D eigenvalue weighted by Crippen LogP contribution is -2.01. The maximum absolute atomic E-state index is 10.7. The maximum atomic E-state index is 10.7. The summed E-state index contributed by atoms with van der Waals surface area (Å²) in [6.45, 7) is 1.65. The smallest absolute Gasteiger partial charge is 0.270 e. The number of nitro groups is 1. The molecule has 1 aromatic carbocycles. The van der Waals surface area contributed by atoms with Gasteiger partial charge in [0.05, 0.1) is 17.2 Å². The second-order valence-electron chi connectivity index (χ2n) is 3.92. The molecule has 1 unspecified atom stereocenters. The fraction of sp³-hybridized carbons (Fsp3) is 0.250. The van der Waals surface area contributed by atoms with Gasteiger partial charge in [-0.25, -0.2) is 0 Å². The molecule has 0 aliphatic heterocycles. The predicted octanol–water partition coefficient (Wildman–Crippen LogP) is 2.22. The molecule has 1 atom stereocenters. The predicted molar refractivity (Wildman–Crippen MR) is 64.6 cm³/mol. The number of aromatic nitrogens is 1. The zero-order chi connectivity index (χ0) is 13.8. The van der Waals surface area contributed by atoms with Crippen molar-refractivity contribution in [2.45, 2.75) is 19.6 Å². The summed E-state index contributed by atoms with van der Waals surface area (Å²) in [4.78, 5) is 10.2. The molecule has 7 nitrogen and oxygen atoms in total. The minimum absolute atomic E-state index is 0.0945. The van der Waals surface area contributed by atoms with E-state index in [0.717, 1.165) is 0 Å². The van der Waals surface area contributed by atoms with E-state index in [0.29, 0.717) is 17.1 Å². The molecule has 0 radical (unpaired) electrons. The number of hydrogen-bond acceptors (Lipinski definition) is 6. The highest BCUT2D eigenvalue weighted by molar-refractivity contribution is 5.44. The molecule has 0 saturated heterocycles. The number of nitro benzene ring substituents is 1. The summed E-state index contributed by atoms with van der Waals surface area (Å²) in [5.74, 6) is 0.895. The minimum Gasteiger partial charge on any atom is -0.485 e. The number of benzene rings is 1. The van der Waals surface area contributed by atoms with E-state index in [2.05, 4.69) is 5.16 Å². The normalized spacial score (nSPS) is 12.1. The molecular weight excluding hydrogens is 252 g/mol. The minimum atomic E-state index is -0.871. The molecule has 100 valence electrons. The molecule has 0 bridgehead atoms. The molecule has 0 saturated carbocycles. The van der Waals surface area contributed by atoms with Crippen molar-refractivity contribution in [3.63, 3.8) is 0 Å². The first kappa shape index (κ1) is 13.0. The van der Waals surface area contributed by atoms with Crippen molar-refractivity contribution in [3.05, 3.63) is 51.9 Å². The van der Waals surface area contributed by atoms with E-state index in [1.54, 1.807) is 6.07 Å². The molecule has 0 aliphatic rings. The summed E-state index contributed by atoms with van der Waals surface area (Å²) in [5.41, 5.74) is 0.261. The molecule has 1 heterocycles. The zero-order valence-corrected chi connectivity index (χ0v) is 10.1. The molecule has 0 aliphatic carbocycles. The summed E-state index contributed by atoms with van der Waals surface area (Å²) >= 11 is 0. The number of nitrogens with zero attached hydrogens (tertiary/aromatic N) is 2. The van der Waals surface area contributed by atoms with Crippen LogP contribution in [0.1, 0.15) is 24.4 Å². The molecule has 1 aromatic heterocycles. The second kappa shape index (κ2) is 5.49. The van der Waals surface area contributed by atoms with Crippen LogP contribution in [0, 0.1) is 10.1 Å². The van der Waals surface area contributed by atoms with Gasteiger partial charge in [-0.1, -0.05) is 5.16 Å². The van der Waals surface area contributed by atoms with Crippen molar-refractivity contribution < 1.29 is 19.3 Å². The van der Waals surface area contributed by atoms with Gasteiger partial charge in [0.2, 0.25) is 0 Å². The standard InChI is InChI=1S/C12H12N2O5/c1-8(15)11-6-9(14(16)17)2-3-12(11)18-7-10-4-5-13-19-10/h2-6,8,15H,7H2,1H3. The Morgan fingerprint density at radius 1 is 1.53 bits per heavy atom. The van der Waals surface area contributed by atoms with Gasteiger partial charge in [0.25, 0.3) is 5.69 Å². The molecular formula is C12H12N2O5. The largest absolute Gasteiger partial charge is 0.485 e. The quantitative estimate of drug-likeness (QED) is 0.656. The van der Waals surface area contributed by atoms with Crippen LogP contribution in [0.15, 0.2) is 35.0 Å². The average molecular weight is 264 g/mol. The Morgan fingerprint density at radius 2 is 2.32 bits per heavy atom. The molecule has 0 spiro atoms. The molecule has 2 aromatic rings. The SMILES string of the molecule is CC(O)c1cc([N+](=O)[O-])ccc1OCc1ccno1. The summed E-state index contributed by atoms with van der Waals surface area (Å²) in [6.07, 6.45) is 0.619. The Morgan fingerprint density at radius 3 is 2.89 bits per heavy atom. The monoisotopic (exact) mass is 264 g/mol. The first-order valence-corrected chi connectivity index (χ1v) is 5.56. The van der Waals surface area contributed by atoms with Crippen LogP contribution in [0.4, 0.5) is 5.69 Å². The first-order chi connectivity index (χ1) is 9.08. The first-order valence-electron chi connectivity index (χ1n) is 5.56. The maximum Gasteiger partial charge on any atom is 0.270 e. The van der Waals surface area contributed by atoms with Crippen LogP contribution in [0.5, 0.6) is 5.75 Å². The molecule has 2 rings (SSSR count). The van der Waals surface area contributed by atoms with E-state index in [9.17, 15) is 15.2 Å². The van der Waals surface area contributed by atoms with Gasteiger partial charge in [0.1, 0.15) is 12.4 Å². The number of rotatable bonds is 5. The lowest BCUT2D eigenvalue weighted by atomic mass is 10.1. The number of aliphatic hydroxyl groups is 1. The topological polar surface area (TPSA) is 98.6 Å². The number of aliphatic hydroxyl groups excluding tert-OH is 1. The molecule has 1 N–H and O–H groups in total. The number of ether oxygens (including phenoxy) is 1. The highest BCUT2D eigenvalue weighted by Gasteiger charge is 2.15. The van der Waals surface area contributed by atoms with Crippen LogP contribution in [0.3, 0.4) is 0 Å². The van der Waals surface area contributed by atoms with Gasteiger partial charge < -0.3 is 14.4 Å². The van der Waals surface area contributed by atoms with Gasteiger partial charge >= 0.3 is 0 Å². The van der Waals surface area contributed by atoms with E-state index in [4.69, 9.17) is 9.26 Å². The van der Waals surface area contributed by atoms with E-state index in [-0.39, 0.29) is 12.3 Å². The highest BCUT2D eigenvalue weighted by atomic mass is 16.6. The summed E-state index contributed by atoms with van der Waals surface area (Å²) in [6, 6.07) is 5.71. The Bertz CT molecular complexity index is 566. The van der Waals surface area contributed by atoms with Crippen molar-refractivity contribution >= 4 is 5.69 Å². The van der Waals surface area contributed by atoms with E-state index < -0.39 is 11.0 Å². The van der Waals surface area contributed by atoms with E-state index in [1.807, 2.05) is 0 Å². The third-order valence-corrected chi connectivity index (χ3v) is 2.52. The molecule has 19 heavy (non-hydrogen) atoms. The van der Waals surface area contributed by atoms with Crippen molar-refractivity contribution in [3.8, 4) is 5.75 Å². The Labute approximate surface area is 108 Å². The van der Waals surface area contributed by atoms with Crippen molar-refractivity contribution in [1.82, 2.24) is 5.16 Å². The van der Waals surface area contributed by atoms with Gasteiger partial charge in [-0.3, -0.25) is 10.1 Å². The van der Waals surface area contributed by atoms with Crippen LogP contribution in [-0.2, 0) is 6.61 Å². The lowest BCUT2D eigenvalue weighted by Gasteiger charge is -2.12. The summed E-state index contributed by atoms with van der Waals surface area (Å²) in [5, 5.41) is 23.9. The fourth-order valence-electron chi connectivity index (χ4n) is 1.57. The Kier molecular flexibility index (Phi) is 3.76. The molecule has 7 heteroatoms. The van der Waals surface area contributed by atoms with E-state index >= 15 is 0 Å². The van der Waals surface area contributed by atoms with Crippen LogP contribution < -0.4 is 4.74 Å². The zero-order valence-electron chi connectivity index (χ0n) is 10.1. The summed E-state index contributed by atoms with van der Waals surface area (Å²) < 4.78 is 10.3. The highest BCUT2D eigenvalue weighted by Crippen LogP contribution is 2.29. The van der Waals surface area contributed by atoms with Crippen LogP contribution in [-0.4, -0.2) is 15.2 Å². The lowest BCUT2D eigenvalue weighted by molar-refractivity contribution is -0.385. The van der Waals surface area contributed by atoms with Gasteiger partial charge in [-0.15, -0.1) is 0 Å². The fourth-order valence-corrected chi connectivity index (χ4v) is 1.57. The van der Waals surface area contributed by atoms with Gasteiger partial charge in [0, 0.05) is 23.8 Å². The van der Waals surface area contributed by atoms with Gasteiger partial charge in [-0.2, -0.15) is 0 Å².